The van der Waals surface area contributed by atoms with Crippen LogP contribution in [0.4, 0.5) is 14.9 Å². The number of pyridine rings is 1. The topological polar surface area (TPSA) is 51.2 Å². The third kappa shape index (κ3) is 4.36. The largest absolute Gasteiger partial charge is 0.444 e. The number of hydrogen-bond donors (Lipinski definition) is 1. The molecule has 7 heteroatoms. The number of carbonyl (C=O) groups is 1. The Morgan fingerprint density at radius 1 is 1.47 bits per heavy atom. The van der Waals surface area contributed by atoms with E-state index in [9.17, 15) is 9.18 Å². The van der Waals surface area contributed by atoms with Crippen molar-refractivity contribution >= 4 is 35.0 Å². The Balaban J connectivity index is 2.85. The molecule has 17 heavy (non-hydrogen) atoms. The van der Waals surface area contributed by atoms with Crippen LogP contribution < -0.4 is 5.32 Å². The van der Waals surface area contributed by atoms with Gasteiger partial charge in [0.1, 0.15) is 10.8 Å². The summed E-state index contributed by atoms with van der Waals surface area (Å²) >= 11 is 11.1. The second-order valence-corrected chi connectivity index (χ2v) is 4.97. The highest BCUT2D eigenvalue weighted by atomic mass is 35.5. The number of anilines is 1. The molecule has 1 N–H and O–H groups in total. The van der Waals surface area contributed by atoms with Crippen molar-refractivity contribution in [2.45, 2.75) is 26.4 Å². The second kappa shape index (κ2) is 5.06. The van der Waals surface area contributed by atoms with Gasteiger partial charge in [-0.1, -0.05) is 23.2 Å². The lowest BCUT2D eigenvalue weighted by molar-refractivity contribution is 0.0635. The van der Waals surface area contributed by atoms with E-state index in [0.717, 1.165) is 6.07 Å². The zero-order valence-electron chi connectivity index (χ0n) is 9.47. The Morgan fingerprint density at radius 2 is 2.06 bits per heavy atom. The van der Waals surface area contributed by atoms with E-state index in [-0.39, 0.29) is 10.8 Å². The lowest BCUT2D eigenvalue weighted by atomic mass is 10.2. The van der Waals surface area contributed by atoms with E-state index in [2.05, 4.69) is 10.3 Å². The van der Waals surface area contributed by atoms with Crippen molar-refractivity contribution in [1.29, 1.82) is 0 Å². The van der Waals surface area contributed by atoms with Gasteiger partial charge in [-0.2, -0.15) is 0 Å². The first kappa shape index (κ1) is 14.0. The first-order valence-electron chi connectivity index (χ1n) is 4.70. The number of nitrogens with one attached hydrogen (secondary N) is 1. The Hall–Kier alpha value is -1.07. The van der Waals surface area contributed by atoms with Crippen molar-refractivity contribution in [1.82, 2.24) is 4.98 Å². The van der Waals surface area contributed by atoms with Gasteiger partial charge in [0.15, 0.2) is 11.0 Å². The van der Waals surface area contributed by atoms with Crippen LogP contribution in [-0.4, -0.2) is 16.7 Å². The standard InChI is InChI=1S/C10H11Cl2FN2O2/c1-10(2,3)17-9(16)14-5-4-6(11)15-8(12)7(5)13/h4H,1-3H3,(H,14,15,16). The predicted molar refractivity (Wildman–Crippen MR) is 64.1 cm³/mol. The fourth-order valence-electron chi connectivity index (χ4n) is 0.973. The molecular formula is C10H11Cl2FN2O2. The Labute approximate surface area is 108 Å². The number of halogens is 3. The van der Waals surface area contributed by atoms with Crippen LogP contribution in [0.15, 0.2) is 6.07 Å². The summed E-state index contributed by atoms with van der Waals surface area (Å²) in [6, 6.07) is 1.15. The zero-order chi connectivity index (χ0) is 13.2. The monoisotopic (exact) mass is 280 g/mol. The van der Waals surface area contributed by atoms with Crippen LogP contribution in [0.1, 0.15) is 20.8 Å². The molecule has 1 aromatic rings. The first-order valence-corrected chi connectivity index (χ1v) is 5.46. The lowest BCUT2D eigenvalue weighted by Crippen LogP contribution is -2.27. The summed E-state index contributed by atoms with van der Waals surface area (Å²) in [6.45, 7) is 5.07. The number of aromatic nitrogens is 1. The summed E-state index contributed by atoms with van der Waals surface area (Å²) in [7, 11) is 0. The minimum Gasteiger partial charge on any atom is -0.444 e. The van der Waals surface area contributed by atoms with Crippen LogP contribution in [0, 0.1) is 5.82 Å². The molecule has 94 valence electrons. The van der Waals surface area contributed by atoms with Crippen molar-refractivity contribution in [3.05, 3.63) is 22.2 Å². The molecule has 0 radical (unpaired) electrons. The second-order valence-electron chi connectivity index (χ2n) is 4.22. The maximum atomic E-state index is 13.5. The molecule has 1 amide bonds. The van der Waals surface area contributed by atoms with Gasteiger partial charge in [0.25, 0.3) is 0 Å². The quantitative estimate of drug-likeness (QED) is 0.795. The molecule has 0 aliphatic carbocycles. The summed E-state index contributed by atoms with van der Waals surface area (Å²) < 4.78 is 18.4. The molecule has 0 fully saturated rings. The smallest absolute Gasteiger partial charge is 0.412 e. The summed E-state index contributed by atoms with van der Waals surface area (Å²) in [5, 5.41) is 1.76. The van der Waals surface area contributed by atoms with E-state index in [1.807, 2.05) is 0 Å². The van der Waals surface area contributed by atoms with E-state index in [1.165, 1.54) is 0 Å². The molecule has 1 heterocycles. The number of ether oxygens (including phenoxy) is 1. The number of rotatable bonds is 1. The normalized spacial score (nSPS) is 11.2. The number of hydrogen-bond acceptors (Lipinski definition) is 3. The van der Waals surface area contributed by atoms with Gasteiger partial charge >= 0.3 is 6.09 Å². The predicted octanol–water partition coefficient (Wildman–Crippen LogP) is 3.87. The molecule has 0 unspecified atom stereocenters. The maximum Gasteiger partial charge on any atom is 0.412 e. The van der Waals surface area contributed by atoms with Gasteiger partial charge in [-0.3, -0.25) is 5.32 Å². The van der Waals surface area contributed by atoms with E-state index in [4.69, 9.17) is 27.9 Å². The summed E-state index contributed by atoms with van der Waals surface area (Å²) in [4.78, 5) is 14.9. The van der Waals surface area contributed by atoms with Crippen molar-refractivity contribution in [2.75, 3.05) is 5.32 Å². The van der Waals surface area contributed by atoms with Crippen LogP contribution in [0.5, 0.6) is 0 Å². The first-order chi connectivity index (χ1) is 7.69. The van der Waals surface area contributed by atoms with Crippen molar-refractivity contribution in [3.63, 3.8) is 0 Å². The van der Waals surface area contributed by atoms with Gasteiger partial charge in [0.05, 0.1) is 5.69 Å². The molecule has 0 aliphatic heterocycles. The molecule has 1 rings (SSSR count). The van der Waals surface area contributed by atoms with Crippen LogP contribution in [0.3, 0.4) is 0 Å². The van der Waals surface area contributed by atoms with Crippen LogP contribution >= 0.6 is 23.2 Å². The third-order valence-electron chi connectivity index (χ3n) is 1.52. The maximum absolute atomic E-state index is 13.5. The molecule has 0 saturated carbocycles. The minimum absolute atomic E-state index is 0.0255. The summed E-state index contributed by atoms with van der Waals surface area (Å²) in [6.07, 6.45) is -0.797. The fraction of sp³-hybridized carbons (Fsp3) is 0.400. The number of amides is 1. The van der Waals surface area contributed by atoms with Crippen molar-refractivity contribution in [2.24, 2.45) is 0 Å². The molecule has 1 aromatic heterocycles. The van der Waals surface area contributed by atoms with Gasteiger partial charge in [-0.25, -0.2) is 14.2 Å². The Morgan fingerprint density at radius 3 is 2.59 bits per heavy atom. The molecule has 4 nitrogen and oxygen atoms in total. The highest BCUT2D eigenvalue weighted by molar-refractivity contribution is 6.33. The van der Waals surface area contributed by atoms with Gasteiger partial charge in [-0.05, 0) is 20.8 Å². The van der Waals surface area contributed by atoms with Crippen LogP contribution in [0.25, 0.3) is 0 Å². The average Bonchev–Trinajstić information content (AvgIpc) is 2.10. The van der Waals surface area contributed by atoms with Gasteiger partial charge in [-0.15, -0.1) is 0 Å². The molecule has 0 saturated heterocycles. The fourth-order valence-corrected chi connectivity index (χ4v) is 1.40. The van der Waals surface area contributed by atoms with Crippen LogP contribution in [-0.2, 0) is 4.74 Å². The highest BCUT2D eigenvalue weighted by Gasteiger charge is 2.18. The summed E-state index contributed by atoms with van der Waals surface area (Å²) in [5.41, 5.74) is -0.856. The number of nitrogens with zero attached hydrogens (tertiary/aromatic N) is 1. The average molecular weight is 281 g/mol. The minimum atomic E-state index is -0.859. The Kier molecular flexibility index (Phi) is 4.16. The van der Waals surface area contributed by atoms with Gasteiger partial charge in [0.2, 0.25) is 0 Å². The SMILES string of the molecule is CC(C)(C)OC(=O)Nc1cc(Cl)nc(Cl)c1F. The molecular weight excluding hydrogens is 270 g/mol. The van der Waals surface area contributed by atoms with E-state index in [1.54, 1.807) is 20.8 Å². The number of carbonyl (C=O) groups excluding carboxylic acids is 1. The zero-order valence-corrected chi connectivity index (χ0v) is 11.0. The highest BCUT2D eigenvalue weighted by Crippen LogP contribution is 2.24. The van der Waals surface area contributed by atoms with E-state index < -0.39 is 22.7 Å². The molecule has 0 bridgehead atoms. The molecule has 0 atom stereocenters. The molecule has 0 aliphatic rings. The summed E-state index contributed by atoms with van der Waals surface area (Å²) in [5.74, 6) is -0.859. The van der Waals surface area contributed by atoms with Crippen molar-refractivity contribution in [3.8, 4) is 0 Å². The van der Waals surface area contributed by atoms with E-state index >= 15 is 0 Å². The van der Waals surface area contributed by atoms with Crippen molar-refractivity contribution < 1.29 is 13.9 Å². The Bertz CT molecular complexity index is 447. The van der Waals surface area contributed by atoms with E-state index in [0.29, 0.717) is 0 Å². The van der Waals surface area contributed by atoms with Gasteiger partial charge in [0, 0.05) is 6.07 Å². The van der Waals surface area contributed by atoms with Crippen LogP contribution in [0.2, 0.25) is 10.3 Å². The molecule has 0 spiro atoms. The van der Waals surface area contributed by atoms with Gasteiger partial charge < -0.3 is 4.74 Å². The third-order valence-corrected chi connectivity index (χ3v) is 1.97. The molecule has 0 aromatic carbocycles. The lowest BCUT2D eigenvalue weighted by Gasteiger charge is -2.19.